The summed E-state index contributed by atoms with van der Waals surface area (Å²) in [6.45, 7) is 3.80. The number of hydrogen-bond donors (Lipinski definition) is 1. The first kappa shape index (κ1) is 7.45. The van der Waals surface area contributed by atoms with Crippen LogP contribution in [0.15, 0.2) is 0 Å². The summed E-state index contributed by atoms with van der Waals surface area (Å²) in [6, 6.07) is 1.77. The van der Waals surface area contributed by atoms with Gasteiger partial charge in [0, 0.05) is 0 Å². The van der Waals surface area contributed by atoms with Gasteiger partial charge in [0.05, 0.1) is 6.07 Å². The van der Waals surface area contributed by atoms with E-state index in [0.717, 1.165) is 6.42 Å². The molecule has 0 spiro atoms. The van der Waals surface area contributed by atoms with Gasteiger partial charge in [0.1, 0.15) is 6.10 Å². The topological polar surface area (TPSA) is 44.0 Å². The van der Waals surface area contributed by atoms with Crippen molar-refractivity contribution < 1.29 is 5.11 Å². The molecule has 0 aliphatic heterocycles. The van der Waals surface area contributed by atoms with Crippen LogP contribution in [0.2, 0.25) is 0 Å². The monoisotopic (exact) mass is 113 g/mol. The molecule has 0 heterocycles. The summed E-state index contributed by atoms with van der Waals surface area (Å²) in [6.07, 6.45) is 0.0781. The summed E-state index contributed by atoms with van der Waals surface area (Å²) < 4.78 is 0. The number of rotatable bonds is 2. The minimum absolute atomic E-state index is 0.111. The van der Waals surface area contributed by atoms with Gasteiger partial charge in [-0.15, -0.1) is 0 Å². The second-order valence-corrected chi connectivity index (χ2v) is 1.96. The van der Waals surface area contributed by atoms with Gasteiger partial charge in [0.2, 0.25) is 0 Å². The molecular weight excluding hydrogens is 102 g/mol. The summed E-state index contributed by atoms with van der Waals surface area (Å²) in [5.41, 5.74) is 0. The highest BCUT2D eigenvalue weighted by molar-refractivity contribution is 4.85. The maximum Gasteiger partial charge on any atom is 0.143 e. The second kappa shape index (κ2) is 3.45. The van der Waals surface area contributed by atoms with E-state index in [9.17, 15) is 0 Å². The van der Waals surface area contributed by atoms with Crippen LogP contribution in [0.5, 0.6) is 0 Å². The third-order valence-electron chi connectivity index (χ3n) is 1.32. The average molecular weight is 113 g/mol. The lowest BCUT2D eigenvalue weighted by atomic mass is 10.0. The first-order valence-electron chi connectivity index (χ1n) is 2.80. The van der Waals surface area contributed by atoms with E-state index in [1.807, 2.05) is 13.8 Å². The molecule has 8 heavy (non-hydrogen) atoms. The molecule has 1 unspecified atom stereocenters. The van der Waals surface area contributed by atoms with Crippen molar-refractivity contribution in [3.63, 3.8) is 0 Å². The van der Waals surface area contributed by atoms with Crippen molar-refractivity contribution in [3.05, 3.63) is 0 Å². The van der Waals surface area contributed by atoms with Gasteiger partial charge in [-0.3, -0.25) is 0 Å². The van der Waals surface area contributed by atoms with E-state index in [2.05, 4.69) is 0 Å². The second-order valence-electron chi connectivity index (χ2n) is 1.96. The molecule has 0 aliphatic carbocycles. The fourth-order valence-electron chi connectivity index (χ4n) is 0.351. The van der Waals surface area contributed by atoms with E-state index in [-0.39, 0.29) is 5.92 Å². The molecule has 2 heteroatoms. The van der Waals surface area contributed by atoms with Crippen molar-refractivity contribution in [1.82, 2.24) is 0 Å². The highest BCUT2D eigenvalue weighted by Gasteiger charge is 2.08. The normalized spacial score (nSPS) is 16.8. The first-order valence-corrected chi connectivity index (χ1v) is 2.80. The van der Waals surface area contributed by atoms with Gasteiger partial charge in [-0.25, -0.2) is 0 Å². The molecule has 0 amide bonds. The molecule has 2 nitrogen and oxygen atoms in total. The van der Waals surface area contributed by atoms with Crippen LogP contribution in [0.25, 0.3) is 0 Å². The molecule has 0 aromatic rings. The third-order valence-corrected chi connectivity index (χ3v) is 1.32. The smallest absolute Gasteiger partial charge is 0.143 e. The van der Waals surface area contributed by atoms with Crippen molar-refractivity contribution in [3.8, 4) is 6.07 Å². The lowest BCUT2D eigenvalue weighted by Crippen LogP contribution is -2.13. The number of hydrogen-bond acceptors (Lipinski definition) is 2. The Kier molecular flexibility index (Phi) is 3.21. The zero-order valence-electron chi connectivity index (χ0n) is 5.26. The minimum atomic E-state index is -0.778. The largest absolute Gasteiger partial charge is 0.378 e. The molecule has 0 saturated carbocycles. The Balaban J connectivity index is 3.49. The minimum Gasteiger partial charge on any atom is -0.378 e. The molecule has 0 aliphatic rings. The molecule has 1 N–H and O–H groups in total. The van der Waals surface area contributed by atoms with Gasteiger partial charge in [0.15, 0.2) is 0 Å². The van der Waals surface area contributed by atoms with Crippen LogP contribution in [0.3, 0.4) is 0 Å². The maximum absolute atomic E-state index is 8.77. The Hall–Kier alpha value is -0.550. The molecule has 2 atom stereocenters. The molecule has 0 rings (SSSR count). The van der Waals surface area contributed by atoms with Crippen LogP contribution in [-0.4, -0.2) is 11.2 Å². The van der Waals surface area contributed by atoms with E-state index in [1.165, 1.54) is 0 Å². The number of aliphatic hydroxyl groups excluding tert-OH is 1. The number of aliphatic hydroxyl groups is 1. The molecular formula is C6H11NO. The van der Waals surface area contributed by atoms with Gasteiger partial charge in [-0.2, -0.15) is 5.26 Å². The van der Waals surface area contributed by atoms with Gasteiger partial charge in [-0.05, 0) is 5.92 Å². The predicted molar refractivity (Wildman–Crippen MR) is 31.1 cm³/mol. The maximum atomic E-state index is 8.77. The quantitative estimate of drug-likeness (QED) is 0.541. The summed E-state index contributed by atoms with van der Waals surface area (Å²) >= 11 is 0. The van der Waals surface area contributed by atoms with Crippen molar-refractivity contribution in [2.24, 2.45) is 5.92 Å². The molecule has 0 radical (unpaired) electrons. The SMILES string of the molecule is CCC(C)[C@@H](O)C#N. The average Bonchev–Trinajstić information content (AvgIpc) is 1.84. The van der Waals surface area contributed by atoms with Crippen molar-refractivity contribution in [1.29, 1.82) is 5.26 Å². The van der Waals surface area contributed by atoms with Crippen LogP contribution < -0.4 is 0 Å². The van der Waals surface area contributed by atoms with Crippen LogP contribution in [-0.2, 0) is 0 Å². The Morgan fingerprint density at radius 2 is 2.25 bits per heavy atom. The molecule has 0 aromatic carbocycles. The Labute approximate surface area is 49.8 Å². The molecule has 0 bridgehead atoms. The molecule has 0 saturated heterocycles. The zero-order chi connectivity index (χ0) is 6.57. The van der Waals surface area contributed by atoms with Gasteiger partial charge in [0.25, 0.3) is 0 Å². The van der Waals surface area contributed by atoms with Crippen LogP contribution in [0.1, 0.15) is 20.3 Å². The summed E-state index contributed by atoms with van der Waals surface area (Å²) in [4.78, 5) is 0. The van der Waals surface area contributed by atoms with Gasteiger partial charge < -0.3 is 5.11 Å². The lowest BCUT2D eigenvalue weighted by Gasteiger charge is -2.06. The summed E-state index contributed by atoms with van der Waals surface area (Å²) in [5, 5.41) is 16.9. The Bertz CT molecular complexity index is 95.2. The number of nitrogens with zero attached hydrogens (tertiary/aromatic N) is 1. The summed E-state index contributed by atoms with van der Waals surface area (Å²) in [7, 11) is 0. The van der Waals surface area contributed by atoms with E-state index in [1.54, 1.807) is 6.07 Å². The lowest BCUT2D eigenvalue weighted by molar-refractivity contribution is 0.167. The van der Waals surface area contributed by atoms with Crippen molar-refractivity contribution >= 4 is 0 Å². The molecule has 46 valence electrons. The Morgan fingerprint density at radius 1 is 1.75 bits per heavy atom. The first-order chi connectivity index (χ1) is 3.72. The number of nitriles is 1. The van der Waals surface area contributed by atoms with Gasteiger partial charge >= 0.3 is 0 Å². The third kappa shape index (κ3) is 1.94. The van der Waals surface area contributed by atoms with E-state index >= 15 is 0 Å². The van der Waals surface area contributed by atoms with Crippen LogP contribution in [0, 0.1) is 17.2 Å². The Morgan fingerprint density at radius 3 is 2.38 bits per heavy atom. The van der Waals surface area contributed by atoms with Crippen molar-refractivity contribution in [2.75, 3.05) is 0 Å². The predicted octanol–water partition coefficient (Wildman–Crippen LogP) is 0.917. The fraction of sp³-hybridized carbons (Fsp3) is 0.833. The molecule has 0 aromatic heterocycles. The standard InChI is InChI=1S/C6H11NO/c1-3-5(2)6(8)4-7/h5-6,8H,3H2,1-2H3/t5?,6-/m0/s1. The van der Waals surface area contributed by atoms with Crippen molar-refractivity contribution in [2.45, 2.75) is 26.4 Å². The zero-order valence-corrected chi connectivity index (χ0v) is 5.26. The molecule has 0 fully saturated rings. The highest BCUT2D eigenvalue weighted by atomic mass is 16.3. The van der Waals surface area contributed by atoms with E-state index in [4.69, 9.17) is 10.4 Å². The van der Waals surface area contributed by atoms with Gasteiger partial charge in [-0.1, -0.05) is 20.3 Å². The van der Waals surface area contributed by atoms with E-state index in [0.29, 0.717) is 0 Å². The van der Waals surface area contributed by atoms with E-state index < -0.39 is 6.10 Å². The fourth-order valence-corrected chi connectivity index (χ4v) is 0.351. The highest BCUT2D eigenvalue weighted by Crippen LogP contribution is 2.04. The van der Waals surface area contributed by atoms with Crippen LogP contribution >= 0.6 is 0 Å². The van der Waals surface area contributed by atoms with Crippen LogP contribution in [0.4, 0.5) is 0 Å². The summed E-state index contributed by atoms with van der Waals surface area (Å²) in [5.74, 6) is 0.111.